The van der Waals surface area contributed by atoms with Gasteiger partial charge in [0.15, 0.2) is 0 Å². The number of nitrogens with zero attached hydrogens (tertiary/aromatic N) is 4. The summed E-state index contributed by atoms with van der Waals surface area (Å²) in [4.78, 5) is 6.83. The van der Waals surface area contributed by atoms with Crippen molar-refractivity contribution >= 4 is 28.2 Å². The molecule has 0 spiro atoms. The van der Waals surface area contributed by atoms with E-state index in [0.29, 0.717) is 16.2 Å². The van der Waals surface area contributed by atoms with Crippen molar-refractivity contribution in [3.8, 4) is 0 Å². The van der Waals surface area contributed by atoms with Crippen LogP contribution < -0.4 is 0 Å². The fourth-order valence-electron chi connectivity index (χ4n) is 1.25. The van der Waals surface area contributed by atoms with Gasteiger partial charge in [-0.1, -0.05) is 34.9 Å². The van der Waals surface area contributed by atoms with Gasteiger partial charge in [0.25, 0.3) is 0 Å². The van der Waals surface area contributed by atoms with E-state index in [1.54, 1.807) is 18.2 Å². The minimum Gasteiger partial charge on any atom is -0.254 e. The summed E-state index contributed by atoms with van der Waals surface area (Å²) in [7, 11) is 0. The normalized spacial score (nSPS) is 9.79. The monoisotopic (exact) mass is 204 g/mol. The zero-order valence-electron chi connectivity index (χ0n) is 7.05. The van der Waals surface area contributed by atoms with E-state index in [0.717, 1.165) is 5.39 Å². The molecule has 5 heteroatoms. The van der Waals surface area contributed by atoms with Gasteiger partial charge in [0.05, 0.1) is 16.2 Å². The Morgan fingerprint density at radius 3 is 3.07 bits per heavy atom. The Morgan fingerprint density at radius 2 is 2.29 bits per heavy atom. The molecule has 1 aromatic carbocycles. The van der Waals surface area contributed by atoms with E-state index < -0.39 is 0 Å². The van der Waals surface area contributed by atoms with E-state index in [1.807, 2.05) is 6.07 Å². The first-order valence-corrected chi connectivity index (χ1v) is 4.28. The number of halogens is 1. The predicted molar refractivity (Wildman–Crippen MR) is 55.6 cm³/mol. The number of hydrogen-bond acceptors (Lipinski definition) is 2. The lowest BCUT2D eigenvalue weighted by atomic mass is 10.2. The number of fused-ring (bicyclic) bond motifs is 1. The van der Waals surface area contributed by atoms with Crippen molar-refractivity contribution in [2.75, 3.05) is 0 Å². The van der Waals surface area contributed by atoms with Gasteiger partial charge in [0.1, 0.15) is 0 Å². The molecule has 0 bridgehead atoms. The number of benzene rings is 1. The highest BCUT2D eigenvalue weighted by Gasteiger charge is 2.00. The summed E-state index contributed by atoms with van der Waals surface area (Å²) in [6.07, 6.45) is 1.53. The topological polar surface area (TPSA) is 61.7 Å². The number of para-hydroxylation sites is 1. The number of aromatic nitrogens is 1. The molecule has 0 amide bonds. The molecule has 0 aliphatic heterocycles. The van der Waals surface area contributed by atoms with Gasteiger partial charge in [-0.2, -0.15) is 0 Å². The molecule has 0 aliphatic rings. The number of azide groups is 1. The SMILES string of the molecule is [N-]=[N+]=Nc1cccc2cc(Cl)cnc12. The van der Waals surface area contributed by atoms with Crippen LogP contribution in [0, 0.1) is 0 Å². The molecule has 2 aromatic rings. The first kappa shape index (κ1) is 8.81. The van der Waals surface area contributed by atoms with Crippen LogP contribution in [0.1, 0.15) is 0 Å². The van der Waals surface area contributed by atoms with E-state index in [-0.39, 0.29) is 0 Å². The molecular weight excluding hydrogens is 200 g/mol. The Kier molecular flexibility index (Phi) is 2.23. The third-order valence-electron chi connectivity index (χ3n) is 1.81. The second-order valence-corrected chi connectivity index (χ2v) is 3.13. The second-order valence-electron chi connectivity index (χ2n) is 2.69. The van der Waals surface area contributed by atoms with Gasteiger partial charge in [-0.05, 0) is 11.6 Å². The molecule has 0 atom stereocenters. The molecule has 0 N–H and O–H groups in total. The van der Waals surface area contributed by atoms with Crippen molar-refractivity contribution in [3.63, 3.8) is 0 Å². The van der Waals surface area contributed by atoms with Crippen LogP contribution in [0.5, 0.6) is 0 Å². The highest BCUT2D eigenvalue weighted by Crippen LogP contribution is 2.25. The molecule has 14 heavy (non-hydrogen) atoms. The van der Waals surface area contributed by atoms with Crippen molar-refractivity contribution in [1.29, 1.82) is 0 Å². The first-order chi connectivity index (χ1) is 6.81. The summed E-state index contributed by atoms with van der Waals surface area (Å²) >= 11 is 5.78. The summed E-state index contributed by atoms with van der Waals surface area (Å²) in [5, 5.41) is 4.97. The number of hydrogen-bond donors (Lipinski definition) is 0. The van der Waals surface area contributed by atoms with Crippen molar-refractivity contribution in [1.82, 2.24) is 4.98 Å². The molecule has 0 aliphatic carbocycles. The highest BCUT2D eigenvalue weighted by atomic mass is 35.5. The quantitative estimate of drug-likeness (QED) is 0.396. The lowest BCUT2D eigenvalue weighted by Gasteiger charge is -1.99. The average molecular weight is 205 g/mol. The maximum Gasteiger partial charge on any atom is 0.0798 e. The van der Waals surface area contributed by atoms with Crippen molar-refractivity contribution in [3.05, 3.63) is 45.9 Å². The van der Waals surface area contributed by atoms with Crippen LogP contribution in [0.4, 0.5) is 5.69 Å². The first-order valence-electron chi connectivity index (χ1n) is 3.90. The van der Waals surface area contributed by atoms with Crippen LogP contribution in [-0.2, 0) is 0 Å². The van der Waals surface area contributed by atoms with E-state index in [4.69, 9.17) is 17.1 Å². The van der Waals surface area contributed by atoms with E-state index in [2.05, 4.69) is 15.0 Å². The molecule has 1 aromatic heterocycles. The zero-order chi connectivity index (χ0) is 9.97. The third kappa shape index (κ3) is 1.48. The second kappa shape index (κ2) is 3.54. The van der Waals surface area contributed by atoms with Crippen LogP contribution in [0.2, 0.25) is 5.02 Å². The molecule has 2 rings (SSSR count). The Labute approximate surface area is 84.8 Å². The van der Waals surface area contributed by atoms with Crippen molar-refractivity contribution < 1.29 is 0 Å². The molecule has 0 unspecified atom stereocenters. The van der Waals surface area contributed by atoms with Crippen LogP contribution in [0.15, 0.2) is 35.6 Å². The van der Waals surface area contributed by atoms with Gasteiger partial charge in [-0.15, -0.1) is 0 Å². The lowest BCUT2D eigenvalue weighted by molar-refractivity contribution is 1.38. The third-order valence-corrected chi connectivity index (χ3v) is 2.02. The minimum absolute atomic E-state index is 0.515. The van der Waals surface area contributed by atoms with E-state index >= 15 is 0 Å². The molecule has 4 nitrogen and oxygen atoms in total. The smallest absolute Gasteiger partial charge is 0.0798 e. The molecule has 1 heterocycles. The Balaban J connectivity index is 2.81. The fourth-order valence-corrected chi connectivity index (χ4v) is 1.41. The maximum atomic E-state index is 8.34. The van der Waals surface area contributed by atoms with Gasteiger partial charge < -0.3 is 0 Å². The number of pyridine rings is 1. The van der Waals surface area contributed by atoms with E-state index in [9.17, 15) is 0 Å². The summed E-state index contributed by atoms with van der Waals surface area (Å²) in [6, 6.07) is 7.15. The molecule has 0 fully saturated rings. The number of rotatable bonds is 1. The minimum atomic E-state index is 0.515. The summed E-state index contributed by atoms with van der Waals surface area (Å²) in [5.41, 5.74) is 9.52. The van der Waals surface area contributed by atoms with Crippen molar-refractivity contribution in [2.24, 2.45) is 5.11 Å². The van der Waals surface area contributed by atoms with Gasteiger partial charge in [-0.3, -0.25) is 4.98 Å². The molecular formula is C9H5ClN4. The Hall–Kier alpha value is -1.77. The zero-order valence-corrected chi connectivity index (χ0v) is 7.81. The Bertz CT molecular complexity index is 531. The molecule has 0 saturated carbocycles. The molecule has 0 radical (unpaired) electrons. The largest absolute Gasteiger partial charge is 0.254 e. The van der Waals surface area contributed by atoms with Crippen LogP contribution in [0.25, 0.3) is 21.3 Å². The van der Waals surface area contributed by atoms with Gasteiger partial charge in [0.2, 0.25) is 0 Å². The summed E-state index contributed by atoms with van der Waals surface area (Å²) in [5.74, 6) is 0. The average Bonchev–Trinajstić information content (AvgIpc) is 2.18. The van der Waals surface area contributed by atoms with Crippen LogP contribution >= 0.6 is 11.6 Å². The van der Waals surface area contributed by atoms with Crippen molar-refractivity contribution in [2.45, 2.75) is 0 Å². The standard InChI is InChI=1S/C9H5ClN4/c10-7-4-6-2-1-3-8(13-14-11)9(6)12-5-7/h1-5H. The van der Waals surface area contributed by atoms with E-state index in [1.165, 1.54) is 6.20 Å². The van der Waals surface area contributed by atoms with Crippen LogP contribution in [0.3, 0.4) is 0 Å². The predicted octanol–water partition coefficient (Wildman–Crippen LogP) is 3.83. The van der Waals surface area contributed by atoms with Gasteiger partial charge >= 0.3 is 0 Å². The van der Waals surface area contributed by atoms with Gasteiger partial charge in [-0.25, -0.2) is 0 Å². The Morgan fingerprint density at radius 1 is 1.43 bits per heavy atom. The highest BCUT2D eigenvalue weighted by molar-refractivity contribution is 6.31. The fraction of sp³-hybridized carbons (Fsp3) is 0. The maximum absolute atomic E-state index is 8.34. The summed E-state index contributed by atoms with van der Waals surface area (Å²) < 4.78 is 0. The molecule has 0 saturated heterocycles. The van der Waals surface area contributed by atoms with Gasteiger partial charge in [0, 0.05) is 16.5 Å². The molecule has 68 valence electrons. The summed E-state index contributed by atoms with van der Waals surface area (Å²) in [6.45, 7) is 0. The lowest BCUT2D eigenvalue weighted by Crippen LogP contribution is -1.78. The van der Waals surface area contributed by atoms with Crippen LogP contribution in [-0.4, -0.2) is 4.98 Å².